The molecule has 0 aliphatic carbocycles. The molecule has 1 aliphatic rings. The smallest absolute Gasteiger partial charge is 0.0242 e. The molecule has 0 aromatic heterocycles. The second-order valence-electron chi connectivity index (χ2n) is 3.18. The van der Waals surface area contributed by atoms with Gasteiger partial charge in [-0.1, -0.05) is 13.8 Å². The van der Waals surface area contributed by atoms with E-state index in [1.54, 1.807) is 0 Å². The highest BCUT2D eigenvalue weighted by Crippen LogP contribution is 2.12. The normalized spacial score (nSPS) is 36.0. The molecule has 0 radical (unpaired) electrons. The second-order valence-corrected chi connectivity index (χ2v) is 3.18. The minimum Gasteiger partial charge on any atom is -0.326 e. The molecule has 1 aliphatic heterocycles. The van der Waals surface area contributed by atoms with Gasteiger partial charge in [0.1, 0.15) is 0 Å². The lowest BCUT2D eigenvalue weighted by Crippen LogP contribution is -2.40. The molecule has 0 aromatic carbocycles. The largest absolute Gasteiger partial charge is 0.326 e. The highest BCUT2D eigenvalue weighted by atomic mass is 15.0. The fourth-order valence-corrected chi connectivity index (χ4v) is 1.48. The van der Waals surface area contributed by atoms with Crippen LogP contribution < -0.4 is 11.1 Å². The Morgan fingerprint density at radius 2 is 2.22 bits per heavy atom. The lowest BCUT2D eigenvalue weighted by atomic mass is 9.99. The molecule has 2 atom stereocenters. The Morgan fingerprint density at radius 1 is 1.56 bits per heavy atom. The summed E-state index contributed by atoms with van der Waals surface area (Å²) in [6.45, 7) is 5.52. The zero-order valence-electron chi connectivity index (χ0n) is 6.22. The summed E-state index contributed by atoms with van der Waals surface area (Å²) < 4.78 is 0. The van der Waals surface area contributed by atoms with Crippen LogP contribution in [0.3, 0.4) is 0 Å². The summed E-state index contributed by atoms with van der Waals surface area (Å²) in [6, 6.07) is 0.954. The fourth-order valence-electron chi connectivity index (χ4n) is 1.48. The minimum atomic E-state index is 0.394. The van der Waals surface area contributed by atoms with E-state index in [1.165, 1.54) is 0 Å². The van der Waals surface area contributed by atoms with Gasteiger partial charge in [0.05, 0.1) is 0 Å². The molecule has 9 heavy (non-hydrogen) atoms. The third-order valence-corrected chi connectivity index (χ3v) is 2.04. The predicted octanol–water partition coefficient (Wildman–Crippen LogP) is 0.332. The van der Waals surface area contributed by atoms with Crippen LogP contribution in [0.2, 0.25) is 0 Å². The maximum Gasteiger partial charge on any atom is 0.0242 e. The molecule has 1 rings (SSSR count). The van der Waals surface area contributed by atoms with Crippen LogP contribution in [-0.2, 0) is 0 Å². The molecule has 2 nitrogen and oxygen atoms in total. The number of hydrogen-bond acceptors (Lipinski definition) is 2. The first-order chi connectivity index (χ1) is 4.22. The van der Waals surface area contributed by atoms with Crippen molar-refractivity contribution >= 4 is 0 Å². The molecular weight excluding hydrogens is 112 g/mol. The van der Waals surface area contributed by atoms with Crippen LogP contribution in [0.4, 0.5) is 0 Å². The van der Waals surface area contributed by atoms with Crippen molar-refractivity contribution in [2.75, 3.05) is 6.54 Å². The average Bonchev–Trinajstić information content (AvgIpc) is 2.13. The maximum absolute atomic E-state index is 5.82. The first kappa shape index (κ1) is 7.03. The first-order valence-electron chi connectivity index (χ1n) is 3.71. The highest BCUT2D eigenvalue weighted by Gasteiger charge is 2.25. The van der Waals surface area contributed by atoms with Crippen molar-refractivity contribution < 1.29 is 0 Å². The Hall–Kier alpha value is -0.0800. The Kier molecular flexibility index (Phi) is 2.09. The van der Waals surface area contributed by atoms with Crippen molar-refractivity contribution in [2.24, 2.45) is 11.7 Å². The van der Waals surface area contributed by atoms with Crippen molar-refractivity contribution in [1.82, 2.24) is 5.32 Å². The van der Waals surface area contributed by atoms with Crippen LogP contribution in [-0.4, -0.2) is 18.6 Å². The predicted molar refractivity (Wildman–Crippen MR) is 39.2 cm³/mol. The first-order valence-corrected chi connectivity index (χ1v) is 3.71. The van der Waals surface area contributed by atoms with Gasteiger partial charge in [0.15, 0.2) is 0 Å². The van der Waals surface area contributed by atoms with Gasteiger partial charge in [-0.25, -0.2) is 0 Å². The molecule has 0 aromatic rings. The standard InChI is InChI=1S/C7H16N2/c1-5(2)7-6(8)3-4-9-7/h5-7,9H,3-4,8H2,1-2H3. The molecule has 1 heterocycles. The summed E-state index contributed by atoms with van der Waals surface area (Å²) in [5.41, 5.74) is 5.82. The van der Waals surface area contributed by atoms with Crippen LogP contribution in [0, 0.1) is 5.92 Å². The van der Waals surface area contributed by atoms with E-state index in [-0.39, 0.29) is 0 Å². The highest BCUT2D eigenvalue weighted by molar-refractivity contribution is 4.88. The van der Waals surface area contributed by atoms with E-state index in [2.05, 4.69) is 19.2 Å². The van der Waals surface area contributed by atoms with Crippen LogP contribution in [0.1, 0.15) is 20.3 Å². The van der Waals surface area contributed by atoms with Crippen LogP contribution in [0.15, 0.2) is 0 Å². The molecule has 2 heteroatoms. The number of nitrogens with two attached hydrogens (primary N) is 1. The van der Waals surface area contributed by atoms with Crippen LogP contribution in [0.25, 0.3) is 0 Å². The molecular formula is C7H16N2. The molecule has 0 bridgehead atoms. The number of rotatable bonds is 1. The quantitative estimate of drug-likeness (QED) is 0.534. The third kappa shape index (κ3) is 1.43. The summed E-state index contributed by atoms with van der Waals surface area (Å²) in [5, 5.41) is 3.38. The molecule has 54 valence electrons. The van der Waals surface area contributed by atoms with E-state index in [0.29, 0.717) is 18.0 Å². The second kappa shape index (κ2) is 2.67. The van der Waals surface area contributed by atoms with Crippen LogP contribution in [0.5, 0.6) is 0 Å². The van der Waals surface area contributed by atoms with Gasteiger partial charge in [0, 0.05) is 12.1 Å². The molecule has 1 fully saturated rings. The van der Waals surface area contributed by atoms with Gasteiger partial charge < -0.3 is 11.1 Å². The SMILES string of the molecule is CC(C)C1NCCC1N. The van der Waals surface area contributed by atoms with Gasteiger partial charge >= 0.3 is 0 Å². The van der Waals surface area contributed by atoms with Gasteiger partial charge in [0.2, 0.25) is 0 Å². The van der Waals surface area contributed by atoms with E-state index < -0.39 is 0 Å². The van der Waals surface area contributed by atoms with E-state index >= 15 is 0 Å². The Bertz CT molecular complexity index is 90.9. The van der Waals surface area contributed by atoms with Crippen LogP contribution >= 0.6 is 0 Å². The topological polar surface area (TPSA) is 38.0 Å². The van der Waals surface area contributed by atoms with Crippen molar-refractivity contribution in [3.05, 3.63) is 0 Å². The molecule has 0 saturated carbocycles. The molecule has 2 unspecified atom stereocenters. The van der Waals surface area contributed by atoms with Crippen molar-refractivity contribution in [3.63, 3.8) is 0 Å². The molecule has 1 saturated heterocycles. The summed E-state index contributed by atoms with van der Waals surface area (Å²) >= 11 is 0. The number of nitrogens with one attached hydrogen (secondary N) is 1. The van der Waals surface area contributed by atoms with Gasteiger partial charge in [-0.05, 0) is 18.9 Å². The Labute approximate surface area is 56.8 Å². The van der Waals surface area contributed by atoms with E-state index in [1.807, 2.05) is 0 Å². The lowest BCUT2D eigenvalue weighted by molar-refractivity contribution is 0.415. The van der Waals surface area contributed by atoms with E-state index in [0.717, 1.165) is 13.0 Å². The number of hydrogen-bond donors (Lipinski definition) is 2. The summed E-state index contributed by atoms with van der Waals surface area (Å²) in [4.78, 5) is 0. The fraction of sp³-hybridized carbons (Fsp3) is 1.00. The summed E-state index contributed by atoms with van der Waals surface area (Å²) in [5.74, 6) is 0.683. The Balaban J connectivity index is 2.40. The summed E-state index contributed by atoms with van der Waals surface area (Å²) in [6.07, 6.45) is 1.14. The maximum atomic E-state index is 5.82. The van der Waals surface area contributed by atoms with Crippen molar-refractivity contribution in [1.29, 1.82) is 0 Å². The van der Waals surface area contributed by atoms with Crippen molar-refractivity contribution in [3.8, 4) is 0 Å². The Morgan fingerprint density at radius 3 is 2.44 bits per heavy atom. The molecule has 3 N–H and O–H groups in total. The zero-order chi connectivity index (χ0) is 6.85. The van der Waals surface area contributed by atoms with Gasteiger partial charge in [-0.3, -0.25) is 0 Å². The zero-order valence-corrected chi connectivity index (χ0v) is 6.22. The van der Waals surface area contributed by atoms with E-state index in [4.69, 9.17) is 5.73 Å². The molecule has 0 spiro atoms. The van der Waals surface area contributed by atoms with Gasteiger partial charge in [-0.2, -0.15) is 0 Å². The third-order valence-electron chi connectivity index (χ3n) is 2.04. The van der Waals surface area contributed by atoms with E-state index in [9.17, 15) is 0 Å². The van der Waals surface area contributed by atoms with Gasteiger partial charge in [0.25, 0.3) is 0 Å². The molecule has 0 amide bonds. The average molecular weight is 128 g/mol. The summed E-state index contributed by atoms with van der Waals surface area (Å²) in [7, 11) is 0. The lowest BCUT2D eigenvalue weighted by Gasteiger charge is -2.18. The minimum absolute atomic E-state index is 0.394. The van der Waals surface area contributed by atoms with Gasteiger partial charge in [-0.15, -0.1) is 0 Å². The van der Waals surface area contributed by atoms with Crippen molar-refractivity contribution in [2.45, 2.75) is 32.4 Å². The monoisotopic (exact) mass is 128 g/mol.